The van der Waals surface area contributed by atoms with Gasteiger partial charge in [0.25, 0.3) is 0 Å². The second kappa shape index (κ2) is 5.75. The van der Waals surface area contributed by atoms with Crippen LogP contribution in [-0.4, -0.2) is 31.1 Å². The van der Waals surface area contributed by atoms with Gasteiger partial charge in [-0.05, 0) is 60.7 Å². The first-order valence-electron chi connectivity index (χ1n) is 11.5. The minimum absolute atomic E-state index is 0.000255. The fourth-order valence-electron chi connectivity index (χ4n) is 9.10. The molecule has 5 aliphatic rings. The van der Waals surface area contributed by atoms with Crippen molar-refractivity contribution in [1.82, 2.24) is 0 Å². The van der Waals surface area contributed by atoms with Gasteiger partial charge in [0.2, 0.25) is 0 Å². The van der Waals surface area contributed by atoms with Gasteiger partial charge in [0.1, 0.15) is 6.10 Å². The average Bonchev–Trinajstić information content (AvgIpc) is 3.18. The van der Waals surface area contributed by atoms with Crippen LogP contribution in [0.2, 0.25) is 0 Å². The van der Waals surface area contributed by atoms with Crippen molar-refractivity contribution in [3.63, 3.8) is 0 Å². The Bertz CT molecular complexity index is 680. The summed E-state index contributed by atoms with van der Waals surface area (Å²) in [6.07, 6.45) is 9.37. The van der Waals surface area contributed by atoms with Crippen LogP contribution < -0.4 is 0 Å². The number of carbonyl (C=O) groups is 1. The van der Waals surface area contributed by atoms with Crippen molar-refractivity contribution >= 4 is 5.97 Å². The number of ether oxygens (including phenoxy) is 3. The van der Waals surface area contributed by atoms with Crippen molar-refractivity contribution in [1.29, 1.82) is 0 Å². The molecule has 1 heterocycles. The van der Waals surface area contributed by atoms with Gasteiger partial charge in [-0.25, -0.2) is 0 Å². The lowest BCUT2D eigenvalue weighted by Crippen LogP contribution is -2.66. The minimum Gasteiger partial charge on any atom is -0.462 e. The molecule has 28 heavy (non-hydrogen) atoms. The normalized spacial score (nSPS) is 50.8. The largest absolute Gasteiger partial charge is 0.462 e. The minimum atomic E-state index is -0.469. The molecule has 6 atom stereocenters. The molecule has 1 saturated heterocycles. The number of hydrogen-bond acceptors (Lipinski definition) is 4. The van der Waals surface area contributed by atoms with Gasteiger partial charge in [0.05, 0.1) is 13.2 Å². The summed E-state index contributed by atoms with van der Waals surface area (Å²) in [6.45, 7) is 12.9. The van der Waals surface area contributed by atoms with E-state index in [1.165, 1.54) is 32.1 Å². The summed E-state index contributed by atoms with van der Waals surface area (Å²) in [5.41, 5.74) is 0.934. The van der Waals surface area contributed by atoms with Crippen LogP contribution in [-0.2, 0) is 19.0 Å². The Morgan fingerprint density at radius 2 is 1.71 bits per heavy atom. The molecule has 2 spiro atoms. The van der Waals surface area contributed by atoms with E-state index in [2.05, 4.69) is 27.7 Å². The number of hydrogen-bond donors (Lipinski definition) is 0. The lowest BCUT2D eigenvalue weighted by Gasteiger charge is -2.69. The van der Waals surface area contributed by atoms with E-state index in [0.717, 1.165) is 19.3 Å². The summed E-state index contributed by atoms with van der Waals surface area (Å²) in [6, 6.07) is 0. The van der Waals surface area contributed by atoms with E-state index in [0.29, 0.717) is 35.9 Å². The highest BCUT2D eigenvalue weighted by Gasteiger charge is 2.75. The second-order valence-corrected chi connectivity index (χ2v) is 11.8. The fourth-order valence-corrected chi connectivity index (χ4v) is 9.10. The average molecular weight is 391 g/mol. The van der Waals surface area contributed by atoms with Gasteiger partial charge in [-0.3, -0.25) is 4.79 Å². The van der Waals surface area contributed by atoms with Crippen LogP contribution in [0.1, 0.15) is 86.0 Å². The van der Waals surface area contributed by atoms with E-state index < -0.39 is 5.79 Å². The summed E-state index contributed by atoms with van der Waals surface area (Å²) in [5, 5.41) is 0. The van der Waals surface area contributed by atoms with Crippen LogP contribution >= 0.6 is 0 Å². The quantitative estimate of drug-likeness (QED) is 0.585. The maximum atomic E-state index is 12.1. The molecule has 0 N–H and O–H groups in total. The molecule has 5 rings (SSSR count). The molecule has 0 unspecified atom stereocenters. The molecule has 0 aromatic heterocycles. The van der Waals surface area contributed by atoms with Gasteiger partial charge in [-0.2, -0.15) is 0 Å². The van der Waals surface area contributed by atoms with Crippen LogP contribution in [0.5, 0.6) is 0 Å². The third-order valence-corrected chi connectivity index (χ3v) is 10.3. The lowest BCUT2D eigenvalue weighted by molar-refractivity contribution is -0.302. The van der Waals surface area contributed by atoms with E-state index in [9.17, 15) is 4.79 Å². The predicted molar refractivity (Wildman–Crippen MR) is 107 cm³/mol. The van der Waals surface area contributed by atoms with Gasteiger partial charge in [-0.1, -0.05) is 34.1 Å². The molecule has 4 nitrogen and oxygen atoms in total. The molecule has 0 aromatic carbocycles. The Kier molecular flexibility index (Phi) is 3.98. The van der Waals surface area contributed by atoms with Gasteiger partial charge < -0.3 is 14.2 Å². The Balaban J connectivity index is 1.63. The van der Waals surface area contributed by atoms with Gasteiger partial charge >= 0.3 is 5.97 Å². The zero-order valence-corrected chi connectivity index (χ0v) is 18.4. The van der Waals surface area contributed by atoms with Crippen LogP contribution in [0.15, 0.2) is 0 Å². The van der Waals surface area contributed by atoms with E-state index in [4.69, 9.17) is 14.2 Å². The van der Waals surface area contributed by atoms with Crippen LogP contribution in [0.25, 0.3) is 0 Å². The first kappa shape index (κ1) is 19.4. The van der Waals surface area contributed by atoms with Crippen molar-refractivity contribution in [2.75, 3.05) is 13.2 Å². The Morgan fingerprint density at radius 3 is 2.39 bits per heavy atom. The summed E-state index contributed by atoms with van der Waals surface area (Å²) in [7, 11) is 0. The molecule has 158 valence electrons. The number of carbonyl (C=O) groups excluding carboxylic acids is 1. The molecule has 0 radical (unpaired) electrons. The summed E-state index contributed by atoms with van der Waals surface area (Å²) < 4.78 is 18.8. The van der Waals surface area contributed by atoms with Crippen LogP contribution in [0.4, 0.5) is 0 Å². The van der Waals surface area contributed by atoms with Crippen molar-refractivity contribution in [3.8, 4) is 0 Å². The molecule has 1 aliphatic heterocycles. The van der Waals surface area contributed by atoms with Gasteiger partial charge in [0.15, 0.2) is 5.79 Å². The summed E-state index contributed by atoms with van der Waals surface area (Å²) >= 11 is 0. The van der Waals surface area contributed by atoms with Crippen molar-refractivity contribution in [2.45, 2.75) is 97.9 Å². The van der Waals surface area contributed by atoms with Crippen molar-refractivity contribution in [3.05, 3.63) is 0 Å². The zero-order chi connectivity index (χ0) is 20.0. The molecule has 4 aliphatic carbocycles. The highest BCUT2D eigenvalue weighted by atomic mass is 16.7. The van der Waals surface area contributed by atoms with E-state index in [-0.39, 0.29) is 22.9 Å². The Morgan fingerprint density at radius 1 is 1.00 bits per heavy atom. The van der Waals surface area contributed by atoms with E-state index in [1.807, 2.05) is 0 Å². The maximum absolute atomic E-state index is 12.1. The van der Waals surface area contributed by atoms with Gasteiger partial charge in [0, 0.05) is 24.7 Å². The molecular formula is C24H38O4. The Hall–Kier alpha value is -0.610. The highest BCUT2D eigenvalue weighted by Crippen LogP contribution is 2.78. The third kappa shape index (κ3) is 2.23. The smallest absolute Gasteiger partial charge is 0.302 e. The Labute approximate surface area is 170 Å². The molecule has 4 heteroatoms. The first-order valence-corrected chi connectivity index (χ1v) is 11.5. The molecular weight excluding hydrogens is 352 g/mol. The second-order valence-electron chi connectivity index (χ2n) is 11.8. The number of esters is 1. The number of rotatable bonds is 1. The zero-order valence-electron chi connectivity index (χ0n) is 18.4. The van der Waals surface area contributed by atoms with Gasteiger partial charge in [-0.15, -0.1) is 0 Å². The van der Waals surface area contributed by atoms with Crippen molar-refractivity contribution in [2.24, 2.45) is 33.5 Å². The first-order chi connectivity index (χ1) is 13.1. The van der Waals surface area contributed by atoms with Crippen LogP contribution in [0.3, 0.4) is 0 Å². The van der Waals surface area contributed by atoms with E-state index in [1.54, 1.807) is 6.92 Å². The third-order valence-electron chi connectivity index (χ3n) is 10.3. The fraction of sp³-hybridized carbons (Fsp3) is 0.958. The topological polar surface area (TPSA) is 44.8 Å². The lowest BCUT2D eigenvalue weighted by atomic mass is 9.37. The predicted octanol–water partition coefficient (Wildman–Crippen LogP) is 5.09. The SMILES string of the molecule is CC(=O)O[C@H]1C[C@H]2C(C)(C)CCC[C@]2(C)[C@@]23CC[C@@](C)(C2)C2(C[C@H]13)OCCO2. The summed E-state index contributed by atoms with van der Waals surface area (Å²) in [5.74, 6) is 0.353. The molecule has 0 aromatic rings. The molecule has 4 saturated carbocycles. The van der Waals surface area contributed by atoms with Crippen LogP contribution in [0, 0.1) is 33.5 Å². The standard InChI is InChI=1S/C24H38O4/c1-16(25)28-18-13-19-20(2,3)7-6-8-22(19,5)23-10-9-21(4,15-23)24(14-17(18)23)26-11-12-27-24/h17-19H,6-15H2,1-5H3/t17-,18+,19+,21+,22+,23+/m1/s1. The molecule has 5 fully saturated rings. The van der Waals surface area contributed by atoms with Crippen molar-refractivity contribution < 1.29 is 19.0 Å². The maximum Gasteiger partial charge on any atom is 0.302 e. The number of fused-ring (bicyclic) bond motifs is 3. The van der Waals surface area contributed by atoms with E-state index >= 15 is 0 Å². The summed E-state index contributed by atoms with van der Waals surface area (Å²) in [4.78, 5) is 12.1. The molecule has 2 bridgehead atoms. The monoisotopic (exact) mass is 390 g/mol. The highest BCUT2D eigenvalue weighted by molar-refractivity contribution is 5.66. The molecule has 0 amide bonds.